The largest absolute Gasteiger partial charge is 0.379 e. The van der Waals surface area contributed by atoms with Gasteiger partial charge in [-0.05, 0) is 25.1 Å². The van der Waals surface area contributed by atoms with Gasteiger partial charge < -0.3 is 9.64 Å². The summed E-state index contributed by atoms with van der Waals surface area (Å²) in [4.78, 5) is 26.6. The van der Waals surface area contributed by atoms with Gasteiger partial charge in [-0.25, -0.2) is 14.6 Å². The lowest BCUT2D eigenvalue weighted by Crippen LogP contribution is -2.35. The molecule has 1 saturated heterocycles. The number of pyridine rings is 1. The molecule has 1 aliphatic rings. The predicted molar refractivity (Wildman–Crippen MR) is 128 cm³/mol. The topological polar surface area (TPSA) is 76.4 Å². The summed E-state index contributed by atoms with van der Waals surface area (Å²) in [5, 5.41) is 8.62. The second-order valence-electron chi connectivity index (χ2n) is 8.20. The van der Waals surface area contributed by atoms with Crippen LogP contribution < -0.4 is 0 Å². The van der Waals surface area contributed by atoms with Crippen molar-refractivity contribution in [3.63, 3.8) is 0 Å². The average molecular weight is 463 g/mol. The summed E-state index contributed by atoms with van der Waals surface area (Å²) in [5.41, 5.74) is 3.13. The molecule has 3 aromatic heterocycles. The van der Waals surface area contributed by atoms with Gasteiger partial charge in [0.2, 0.25) is 0 Å². The van der Waals surface area contributed by atoms with E-state index in [0.29, 0.717) is 17.9 Å². The Kier molecular flexibility index (Phi) is 6.17. The third kappa shape index (κ3) is 4.66. The third-order valence-electron chi connectivity index (χ3n) is 5.85. The predicted octanol–water partition coefficient (Wildman–Crippen LogP) is 3.29. The van der Waals surface area contributed by atoms with Crippen molar-refractivity contribution in [3.8, 4) is 5.82 Å². The molecule has 1 amide bonds. The van der Waals surface area contributed by atoms with Crippen LogP contribution in [0.2, 0.25) is 0 Å². The van der Waals surface area contributed by atoms with Crippen molar-refractivity contribution in [2.24, 2.45) is 0 Å². The van der Waals surface area contributed by atoms with E-state index >= 15 is 0 Å². The number of thiazole rings is 1. The van der Waals surface area contributed by atoms with E-state index in [4.69, 9.17) is 14.7 Å². The summed E-state index contributed by atoms with van der Waals surface area (Å²) in [7, 11) is 1.80. The number of amides is 1. The summed E-state index contributed by atoms with van der Waals surface area (Å²) in [5.74, 6) is 0.613. The fraction of sp³-hybridized carbons (Fsp3) is 0.333. The first-order chi connectivity index (χ1) is 16.1. The minimum absolute atomic E-state index is 0.0812. The van der Waals surface area contributed by atoms with Crippen molar-refractivity contribution in [1.29, 1.82) is 0 Å². The monoisotopic (exact) mass is 462 g/mol. The Morgan fingerprint density at radius 3 is 2.82 bits per heavy atom. The molecule has 0 spiro atoms. The Bertz CT molecular complexity index is 1280. The molecule has 1 fully saturated rings. The molecule has 170 valence electrons. The second-order valence-corrected chi connectivity index (χ2v) is 9.14. The molecule has 9 heteroatoms. The number of aromatic nitrogens is 4. The Labute approximate surface area is 196 Å². The van der Waals surface area contributed by atoms with Crippen molar-refractivity contribution in [2.75, 3.05) is 33.4 Å². The van der Waals surface area contributed by atoms with Crippen molar-refractivity contribution in [3.05, 3.63) is 69.9 Å². The number of rotatable bonds is 6. The molecular weight excluding hydrogens is 436 g/mol. The number of fused-ring (bicyclic) bond motifs is 1. The van der Waals surface area contributed by atoms with Crippen molar-refractivity contribution in [1.82, 2.24) is 29.5 Å². The highest BCUT2D eigenvalue weighted by atomic mass is 32.1. The van der Waals surface area contributed by atoms with E-state index in [0.717, 1.165) is 60.1 Å². The van der Waals surface area contributed by atoms with Crippen LogP contribution >= 0.6 is 11.3 Å². The maximum absolute atomic E-state index is 13.2. The Morgan fingerprint density at radius 2 is 1.97 bits per heavy atom. The molecule has 5 rings (SSSR count). The summed E-state index contributed by atoms with van der Waals surface area (Å²) in [6, 6.07) is 11.9. The summed E-state index contributed by atoms with van der Waals surface area (Å²) in [6.45, 7) is 6.60. The Morgan fingerprint density at radius 1 is 1.15 bits per heavy atom. The molecule has 0 bridgehead atoms. The first-order valence-corrected chi connectivity index (χ1v) is 11.9. The van der Waals surface area contributed by atoms with Gasteiger partial charge in [-0.1, -0.05) is 18.2 Å². The van der Waals surface area contributed by atoms with Crippen LogP contribution in [0.3, 0.4) is 0 Å². The highest BCUT2D eigenvalue weighted by molar-refractivity contribution is 7.09. The van der Waals surface area contributed by atoms with Crippen LogP contribution in [0.1, 0.15) is 26.8 Å². The van der Waals surface area contributed by atoms with E-state index in [1.54, 1.807) is 34.2 Å². The maximum atomic E-state index is 13.2. The smallest absolute Gasteiger partial charge is 0.257 e. The van der Waals surface area contributed by atoms with Gasteiger partial charge >= 0.3 is 0 Å². The van der Waals surface area contributed by atoms with Gasteiger partial charge in [0.05, 0.1) is 55.0 Å². The SMILES string of the molecule is Cc1c(C(=O)N(C)Cc2csc(CN3CCOCC3)n2)cnn1-c1ccc2ccccc2n1. The molecule has 8 nitrogen and oxygen atoms in total. The summed E-state index contributed by atoms with van der Waals surface area (Å²) in [6.07, 6.45) is 1.62. The van der Waals surface area contributed by atoms with Crippen LogP contribution in [0.4, 0.5) is 0 Å². The summed E-state index contributed by atoms with van der Waals surface area (Å²) >= 11 is 1.64. The fourth-order valence-electron chi connectivity index (χ4n) is 3.99. The van der Waals surface area contributed by atoms with Gasteiger partial charge in [-0.15, -0.1) is 11.3 Å². The molecule has 0 atom stereocenters. The number of carbonyl (C=O) groups excluding carboxylic acids is 1. The van der Waals surface area contributed by atoms with E-state index < -0.39 is 0 Å². The maximum Gasteiger partial charge on any atom is 0.257 e. The number of para-hydroxylation sites is 1. The van der Waals surface area contributed by atoms with Crippen molar-refractivity contribution < 1.29 is 9.53 Å². The van der Waals surface area contributed by atoms with Crippen LogP contribution in [0.5, 0.6) is 0 Å². The number of hydrogen-bond donors (Lipinski definition) is 0. The number of ether oxygens (including phenoxy) is 1. The van der Waals surface area contributed by atoms with Crippen molar-refractivity contribution >= 4 is 28.1 Å². The second kappa shape index (κ2) is 9.38. The molecule has 4 heterocycles. The molecule has 0 radical (unpaired) electrons. The molecule has 0 N–H and O–H groups in total. The molecule has 0 saturated carbocycles. The standard InChI is InChI=1S/C24H26N6O2S/c1-17-20(13-25-30(17)22-8-7-18-5-3-4-6-21(18)27-22)24(31)28(2)14-19-16-33-23(26-19)15-29-9-11-32-12-10-29/h3-8,13,16H,9-12,14-15H2,1-2H3. The Hall–Kier alpha value is -3.14. The van der Waals surface area contributed by atoms with Gasteiger partial charge in [0.15, 0.2) is 5.82 Å². The van der Waals surface area contributed by atoms with Crippen LogP contribution in [-0.2, 0) is 17.8 Å². The zero-order valence-corrected chi connectivity index (χ0v) is 19.6. The lowest BCUT2D eigenvalue weighted by molar-refractivity contribution is 0.0341. The lowest BCUT2D eigenvalue weighted by atomic mass is 10.2. The van der Waals surface area contributed by atoms with E-state index in [9.17, 15) is 4.79 Å². The van der Waals surface area contributed by atoms with Gasteiger partial charge in [0, 0.05) is 30.9 Å². The lowest BCUT2D eigenvalue weighted by Gasteiger charge is -2.25. The zero-order chi connectivity index (χ0) is 22.8. The normalized spacial score (nSPS) is 14.6. The number of morpholine rings is 1. The highest BCUT2D eigenvalue weighted by Crippen LogP contribution is 2.19. The first kappa shape index (κ1) is 21.7. The van der Waals surface area contributed by atoms with Crippen LogP contribution in [0.15, 0.2) is 48.0 Å². The number of nitrogens with zero attached hydrogens (tertiary/aromatic N) is 6. The first-order valence-electron chi connectivity index (χ1n) is 11.0. The zero-order valence-electron chi connectivity index (χ0n) is 18.8. The highest BCUT2D eigenvalue weighted by Gasteiger charge is 2.20. The minimum atomic E-state index is -0.0812. The summed E-state index contributed by atoms with van der Waals surface area (Å²) < 4.78 is 7.13. The Balaban J connectivity index is 1.28. The molecule has 0 unspecified atom stereocenters. The molecular formula is C24H26N6O2S. The van der Waals surface area contributed by atoms with E-state index in [2.05, 4.69) is 10.00 Å². The molecule has 0 aliphatic carbocycles. The quantitative estimate of drug-likeness (QED) is 0.438. The van der Waals surface area contributed by atoms with Crippen LogP contribution in [0.25, 0.3) is 16.7 Å². The van der Waals surface area contributed by atoms with Gasteiger partial charge in [0.25, 0.3) is 5.91 Å². The van der Waals surface area contributed by atoms with E-state index in [1.165, 1.54) is 0 Å². The van der Waals surface area contributed by atoms with E-state index in [1.807, 2.05) is 48.7 Å². The molecule has 1 aromatic carbocycles. The van der Waals surface area contributed by atoms with Crippen LogP contribution in [-0.4, -0.2) is 68.8 Å². The minimum Gasteiger partial charge on any atom is -0.379 e. The van der Waals surface area contributed by atoms with Crippen LogP contribution in [0, 0.1) is 6.92 Å². The fourth-order valence-corrected chi connectivity index (χ4v) is 4.82. The third-order valence-corrected chi connectivity index (χ3v) is 6.73. The molecule has 4 aromatic rings. The van der Waals surface area contributed by atoms with E-state index in [-0.39, 0.29) is 5.91 Å². The molecule has 33 heavy (non-hydrogen) atoms. The molecule has 1 aliphatic heterocycles. The average Bonchev–Trinajstić information content (AvgIpc) is 3.44. The van der Waals surface area contributed by atoms with Crippen molar-refractivity contribution in [2.45, 2.75) is 20.0 Å². The number of hydrogen-bond acceptors (Lipinski definition) is 7. The van der Waals surface area contributed by atoms with Gasteiger partial charge in [0.1, 0.15) is 5.01 Å². The van der Waals surface area contributed by atoms with Gasteiger partial charge in [-0.2, -0.15) is 5.10 Å². The number of carbonyl (C=O) groups is 1. The number of benzene rings is 1. The van der Waals surface area contributed by atoms with Gasteiger partial charge in [-0.3, -0.25) is 9.69 Å².